The van der Waals surface area contributed by atoms with Crippen molar-refractivity contribution in [2.75, 3.05) is 6.61 Å². The third-order valence-electron chi connectivity index (χ3n) is 4.13. The highest BCUT2D eigenvalue weighted by molar-refractivity contribution is 5.38. The van der Waals surface area contributed by atoms with Gasteiger partial charge < -0.3 is 14.9 Å². The normalized spacial score (nSPS) is 19.0. The second kappa shape index (κ2) is 7.09. The molecule has 0 aliphatic heterocycles. The van der Waals surface area contributed by atoms with Crippen molar-refractivity contribution in [3.63, 3.8) is 0 Å². The van der Waals surface area contributed by atoms with Crippen molar-refractivity contribution in [2.24, 2.45) is 5.92 Å². The van der Waals surface area contributed by atoms with E-state index >= 15 is 0 Å². The molecule has 0 saturated heterocycles. The first-order valence-electron chi connectivity index (χ1n) is 7.65. The third kappa shape index (κ3) is 4.22. The molecule has 0 heterocycles. The molecule has 2 N–H and O–H groups in total. The van der Waals surface area contributed by atoms with Crippen LogP contribution in [0.1, 0.15) is 56.3 Å². The van der Waals surface area contributed by atoms with Gasteiger partial charge in [0, 0.05) is 5.56 Å². The Bertz CT molecular complexity index is 422. The maximum absolute atomic E-state index is 10.1. The summed E-state index contributed by atoms with van der Waals surface area (Å²) < 4.78 is 5.74. The van der Waals surface area contributed by atoms with Crippen molar-refractivity contribution in [3.8, 4) is 5.75 Å². The summed E-state index contributed by atoms with van der Waals surface area (Å²) in [4.78, 5) is 0. The van der Waals surface area contributed by atoms with E-state index in [0.29, 0.717) is 18.3 Å². The van der Waals surface area contributed by atoms with Gasteiger partial charge in [0.05, 0.1) is 12.2 Å². The van der Waals surface area contributed by atoms with Crippen molar-refractivity contribution >= 4 is 0 Å². The van der Waals surface area contributed by atoms with Gasteiger partial charge in [0.2, 0.25) is 0 Å². The smallest absolute Gasteiger partial charge is 0.125 e. The molecule has 1 aromatic rings. The van der Waals surface area contributed by atoms with Gasteiger partial charge in [0.15, 0.2) is 0 Å². The van der Waals surface area contributed by atoms with Crippen LogP contribution in [-0.4, -0.2) is 22.9 Å². The van der Waals surface area contributed by atoms with E-state index in [1.165, 1.54) is 25.7 Å². The molecule has 1 unspecified atom stereocenters. The Labute approximate surface area is 121 Å². The van der Waals surface area contributed by atoms with Gasteiger partial charge in [-0.25, -0.2) is 0 Å². The van der Waals surface area contributed by atoms with Gasteiger partial charge in [0.1, 0.15) is 12.4 Å². The number of benzene rings is 1. The predicted octanol–water partition coefficient (Wildman–Crippen LogP) is 3.37. The first kappa shape index (κ1) is 15.3. The molecule has 112 valence electrons. The predicted molar refractivity (Wildman–Crippen MR) is 79.9 cm³/mol. The first-order chi connectivity index (χ1) is 9.56. The minimum absolute atomic E-state index is 0.305. The van der Waals surface area contributed by atoms with Crippen molar-refractivity contribution in [3.05, 3.63) is 29.3 Å². The topological polar surface area (TPSA) is 49.7 Å². The summed E-state index contributed by atoms with van der Waals surface area (Å²) in [5, 5.41) is 19.8. The van der Waals surface area contributed by atoms with Crippen LogP contribution in [0.4, 0.5) is 0 Å². The first-order valence-corrected chi connectivity index (χ1v) is 7.65. The fraction of sp³-hybridized carbons (Fsp3) is 0.647. The van der Waals surface area contributed by atoms with E-state index in [2.05, 4.69) is 0 Å². The van der Waals surface area contributed by atoms with Crippen LogP contribution >= 0.6 is 0 Å². The van der Waals surface area contributed by atoms with E-state index < -0.39 is 12.2 Å². The third-order valence-corrected chi connectivity index (χ3v) is 4.13. The summed E-state index contributed by atoms with van der Waals surface area (Å²) in [5.74, 6) is 1.34. The van der Waals surface area contributed by atoms with E-state index in [1.54, 1.807) is 6.92 Å². The monoisotopic (exact) mass is 278 g/mol. The number of hydrogen-bond donors (Lipinski definition) is 2. The van der Waals surface area contributed by atoms with Gasteiger partial charge in [-0.2, -0.15) is 0 Å². The largest absolute Gasteiger partial charge is 0.490 e. The number of aliphatic hydroxyl groups excluding tert-OH is 2. The standard InChI is InChI=1S/C17H26O3/c1-12-7-8-16(13(2)18)17(9-12)20-11-15(19)10-14-5-3-4-6-14/h7-9,13-15,18-19H,3-6,10-11H2,1-2H3/t13-,15?/m0/s1. The highest BCUT2D eigenvalue weighted by atomic mass is 16.5. The second-order valence-electron chi connectivity index (χ2n) is 6.07. The molecular formula is C17H26O3. The van der Waals surface area contributed by atoms with Crippen molar-refractivity contribution in [1.29, 1.82) is 0 Å². The van der Waals surface area contributed by atoms with E-state index in [-0.39, 0.29) is 0 Å². The summed E-state index contributed by atoms with van der Waals surface area (Å²) in [7, 11) is 0. The highest BCUT2D eigenvalue weighted by Gasteiger charge is 2.19. The molecule has 1 aliphatic rings. The van der Waals surface area contributed by atoms with Crippen molar-refractivity contribution in [1.82, 2.24) is 0 Å². The lowest BCUT2D eigenvalue weighted by atomic mass is 10.0. The van der Waals surface area contributed by atoms with Gasteiger partial charge >= 0.3 is 0 Å². The van der Waals surface area contributed by atoms with Crippen LogP contribution in [0.2, 0.25) is 0 Å². The lowest BCUT2D eigenvalue weighted by Gasteiger charge is -2.18. The van der Waals surface area contributed by atoms with Crippen LogP contribution in [0.3, 0.4) is 0 Å². The number of rotatable bonds is 6. The Hall–Kier alpha value is -1.06. The van der Waals surface area contributed by atoms with Crippen LogP contribution in [0, 0.1) is 12.8 Å². The molecule has 1 saturated carbocycles. The number of hydrogen-bond acceptors (Lipinski definition) is 3. The quantitative estimate of drug-likeness (QED) is 0.839. The maximum Gasteiger partial charge on any atom is 0.125 e. The Kier molecular flexibility index (Phi) is 5.44. The van der Waals surface area contributed by atoms with E-state index in [9.17, 15) is 10.2 Å². The van der Waals surface area contributed by atoms with Gasteiger partial charge in [0.25, 0.3) is 0 Å². The van der Waals surface area contributed by atoms with Crippen LogP contribution < -0.4 is 4.74 Å². The fourth-order valence-corrected chi connectivity index (χ4v) is 3.00. The molecule has 0 spiro atoms. The fourth-order valence-electron chi connectivity index (χ4n) is 3.00. The summed E-state index contributed by atoms with van der Waals surface area (Å²) in [6.07, 6.45) is 4.92. The molecule has 2 atom stereocenters. The molecular weight excluding hydrogens is 252 g/mol. The average molecular weight is 278 g/mol. The van der Waals surface area contributed by atoms with Crippen LogP contribution in [0.25, 0.3) is 0 Å². The molecule has 3 heteroatoms. The number of ether oxygens (including phenoxy) is 1. The summed E-state index contributed by atoms with van der Waals surface area (Å²) in [5.41, 5.74) is 1.87. The second-order valence-corrected chi connectivity index (χ2v) is 6.07. The molecule has 2 rings (SSSR count). The molecule has 3 nitrogen and oxygen atoms in total. The average Bonchev–Trinajstić information content (AvgIpc) is 2.89. The van der Waals surface area contributed by atoms with E-state index in [1.807, 2.05) is 25.1 Å². The molecule has 0 bridgehead atoms. The zero-order valence-corrected chi connectivity index (χ0v) is 12.5. The summed E-state index contributed by atoms with van der Waals surface area (Å²) >= 11 is 0. The van der Waals surface area contributed by atoms with E-state index in [4.69, 9.17) is 4.74 Å². The van der Waals surface area contributed by atoms with Crippen LogP contribution in [-0.2, 0) is 0 Å². The SMILES string of the molecule is Cc1ccc([C@H](C)O)c(OCC(O)CC2CCCC2)c1. The molecule has 1 aliphatic carbocycles. The Balaban J connectivity index is 1.90. The molecule has 1 fully saturated rings. The Morgan fingerprint density at radius 2 is 1.95 bits per heavy atom. The van der Waals surface area contributed by atoms with Gasteiger partial charge in [-0.15, -0.1) is 0 Å². The Morgan fingerprint density at radius 3 is 2.60 bits per heavy atom. The van der Waals surface area contributed by atoms with Gasteiger partial charge in [-0.05, 0) is 37.8 Å². The van der Waals surface area contributed by atoms with Crippen molar-refractivity contribution in [2.45, 2.75) is 58.2 Å². The minimum Gasteiger partial charge on any atom is -0.490 e. The maximum atomic E-state index is 10.1. The molecule has 0 radical (unpaired) electrons. The van der Waals surface area contributed by atoms with Crippen molar-refractivity contribution < 1.29 is 14.9 Å². The lowest BCUT2D eigenvalue weighted by Crippen LogP contribution is -2.21. The van der Waals surface area contributed by atoms with Gasteiger partial charge in [-0.1, -0.05) is 37.8 Å². The van der Waals surface area contributed by atoms with Gasteiger partial charge in [-0.3, -0.25) is 0 Å². The minimum atomic E-state index is -0.558. The van der Waals surface area contributed by atoms with Crippen LogP contribution in [0.5, 0.6) is 5.75 Å². The van der Waals surface area contributed by atoms with E-state index in [0.717, 1.165) is 17.5 Å². The molecule has 20 heavy (non-hydrogen) atoms. The number of aryl methyl sites for hydroxylation is 1. The van der Waals surface area contributed by atoms with Crippen LogP contribution in [0.15, 0.2) is 18.2 Å². The summed E-state index contributed by atoms with van der Waals surface area (Å²) in [6, 6.07) is 5.77. The number of aliphatic hydroxyl groups is 2. The zero-order chi connectivity index (χ0) is 14.5. The summed E-state index contributed by atoms with van der Waals surface area (Å²) in [6.45, 7) is 4.03. The highest BCUT2D eigenvalue weighted by Crippen LogP contribution is 2.30. The molecule has 1 aromatic carbocycles. The molecule has 0 aromatic heterocycles. The lowest BCUT2D eigenvalue weighted by molar-refractivity contribution is 0.0832. The Morgan fingerprint density at radius 1 is 1.25 bits per heavy atom. The molecule has 0 amide bonds. The zero-order valence-electron chi connectivity index (χ0n) is 12.5.